The third-order valence-corrected chi connectivity index (χ3v) is 1.45. The number of ether oxygens (including phenoxy) is 1. The van der Waals surface area contributed by atoms with E-state index in [-0.39, 0.29) is 6.10 Å². The predicted molar refractivity (Wildman–Crippen MR) is 41.8 cm³/mol. The maximum Gasteiger partial charge on any atom is 0.404 e. The van der Waals surface area contributed by atoms with Crippen molar-refractivity contribution in [1.29, 1.82) is 0 Å². The van der Waals surface area contributed by atoms with Gasteiger partial charge in [-0.25, -0.2) is 4.79 Å². The SMILES string of the molecule is CCC(CCCl)OC(=O)Cl. The maximum atomic E-state index is 10.2. The van der Waals surface area contributed by atoms with Gasteiger partial charge in [-0.2, -0.15) is 0 Å². The third-order valence-electron chi connectivity index (χ3n) is 1.15. The van der Waals surface area contributed by atoms with E-state index in [1.54, 1.807) is 0 Å². The van der Waals surface area contributed by atoms with Crippen molar-refractivity contribution in [3.05, 3.63) is 0 Å². The molecule has 0 aliphatic heterocycles. The van der Waals surface area contributed by atoms with Gasteiger partial charge < -0.3 is 4.74 Å². The summed E-state index contributed by atoms with van der Waals surface area (Å²) < 4.78 is 4.68. The number of alkyl halides is 1. The minimum atomic E-state index is -0.753. The molecule has 0 radical (unpaired) electrons. The van der Waals surface area contributed by atoms with E-state index in [0.717, 1.165) is 6.42 Å². The van der Waals surface area contributed by atoms with Crippen molar-refractivity contribution < 1.29 is 9.53 Å². The van der Waals surface area contributed by atoms with Crippen molar-refractivity contribution >= 4 is 28.6 Å². The summed E-state index contributed by atoms with van der Waals surface area (Å²) in [4.78, 5) is 10.2. The van der Waals surface area contributed by atoms with Gasteiger partial charge in [0.25, 0.3) is 0 Å². The molecule has 0 aromatic heterocycles. The fourth-order valence-corrected chi connectivity index (χ4v) is 0.968. The van der Waals surface area contributed by atoms with Gasteiger partial charge in [-0.3, -0.25) is 0 Å². The van der Waals surface area contributed by atoms with Crippen LogP contribution < -0.4 is 0 Å². The van der Waals surface area contributed by atoms with Gasteiger partial charge in [-0.1, -0.05) is 6.92 Å². The molecule has 0 aliphatic carbocycles. The van der Waals surface area contributed by atoms with E-state index in [2.05, 4.69) is 4.74 Å². The average molecular weight is 185 g/mol. The van der Waals surface area contributed by atoms with Crippen LogP contribution in [0.5, 0.6) is 0 Å². The molecule has 0 aliphatic rings. The number of rotatable bonds is 4. The van der Waals surface area contributed by atoms with Crippen molar-refractivity contribution in [2.45, 2.75) is 25.9 Å². The molecule has 0 aromatic rings. The largest absolute Gasteiger partial charge is 0.450 e. The first kappa shape index (κ1) is 10.0. The number of halogens is 2. The van der Waals surface area contributed by atoms with Crippen molar-refractivity contribution in [2.75, 3.05) is 5.88 Å². The zero-order chi connectivity index (χ0) is 7.98. The number of carbonyl (C=O) groups excluding carboxylic acids is 1. The van der Waals surface area contributed by atoms with Crippen molar-refractivity contribution in [2.24, 2.45) is 0 Å². The molecule has 4 heteroatoms. The van der Waals surface area contributed by atoms with E-state index in [1.165, 1.54) is 0 Å². The summed E-state index contributed by atoms with van der Waals surface area (Å²) in [6, 6.07) is 0. The first-order valence-corrected chi connectivity index (χ1v) is 4.04. The number of hydrogen-bond acceptors (Lipinski definition) is 2. The molecule has 0 amide bonds. The molecule has 0 fully saturated rings. The van der Waals surface area contributed by atoms with Gasteiger partial charge in [-0.15, -0.1) is 11.6 Å². The van der Waals surface area contributed by atoms with Gasteiger partial charge >= 0.3 is 5.43 Å². The van der Waals surface area contributed by atoms with E-state index >= 15 is 0 Å². The monoisotopic (exact) mass is 184 g/mol. The first-order chi connectivity index (χ1) is 4.70. The quantitative estimate of drug-likeness (QED) is 0.497. The van der Waals surface area contributed by atoms with E-state index in [1.807, 2.05) is 6.92 Å². The van der Waals surface area contributed by atoms with Gasteiger partial charge in [0.05, 0.1) is 0 Å². The molecule has 0 rings (SSSR count). The average Bonchev–Trinajstić information content (AvgIpc) is 1.86. The lowest BCUT2D eigenvalue weighted by Crippen LogP contribution is -2.13. The van der Waals surface area contributed by atoms with E-state index in [0.29, 0.717) is 12.3 Å². The highest BCUT2D eigenvalue weighted by atomic mass is 35.5. The molecule has 0 saturated heterocycles. The van der Waals surface area contributed by atoms with Gasteiger partial charge in [0.1, 0.15) is 6.10 Å². The molecular formula is C6H10Cl2O2. The fourth-order valence-electron chi connectivity index (χ4n) is 0.599. The van der Waals surface area contributed by atoms with Gasteiger partial charge in [0, 0.05) is 17.5 Å². The van der Waals surface area contributed by atoms with Crippen LogP contribution in [0.25, 0.3) is 0 Å². The highest BCUT2D eigenvalue weighted by Gasteiger charge is 2.08. The molecule has 0 saturated carbocycles. The van der Waals surface area contributed by atoms with Gasteiger partial charge in [-0.05, 0) is 12.8 Å². The lowest BCUT2D eigenvalue weighted by atomic mass is 10.2. The Morgan fingerprint density at radius 3 is 2.60 bits per heavy atom. The summed E-state index contributed by atoms with van der Waals surface area (Å²) in [6.45, 7) is 1.91. The molecule has 0 N–H and O–H groups in total. The molecule has 0 heterocycles. The zero-order valence-electron chi connectivity index (χ0n) is 5.77. The van der Waals surface area contributed by atoms with Crippen LogP contribution in [-0.4, -0.2) is 17.4 Å². The minimum Gasteiger partial charge on any atom is -0.450 e. The lowest BCUT2D eigenvalue weighted by Gasteiger charge is -2.11. The van der Waals surface area contributed by atoms with Crippen LogP contribution in [0.15, 0.2) is 0 Å². The van der Waals surface area contributed by atoms with Gasteiger partial charge in [0.15, 0.2) is 0 Å². The molecule has 10 heavy (non-hydrogen) atoms. The Kier molecular flexibility index (Phi) is 5.84. The van der Waals surface area contributed by atoms with Crippen LogP contribution in [0.3, 0.4) is 0 Å². The second-order valence-corrected chi connectivity index (χ2v) is 2.55. The Balaban J connectivity index is 3.49. The molecule has 2 nitrogen and oxygen atoms in total. The second kappa shape index (κ2) is 5.81. The maximum absolute atomic E-state index is 10.2. The molecule has 0 spiro atoms. The van der Waals surface area contributed by atoms with Crippen LogP contribution in [0.2, 0.25) is 0 Å². The van der Waals surface area contributed by atoms with Crippen LogP contribution >= 0.6 is 23.2 Å². The fraction of sp³-hybridized carbons (Fsp3) is 0.833. The third kappa shape index (κ3) is 4.89. The van der Waals surface area contributed by atoms with Crippen LogP contribution in [-0.2, 0) is 4.74 Å². The normalized spacial score (nSPS) is 12.7. The van der Waals surface area contributed by atoms with E-state index in [9.17, 15) is 4.79 Å². The van der Waals surface area contributed by atoms with E-state index < -0.39 is 5.43 Å². The summed E-state index contributed by atoms with van der Waals surface area (Å²) in [6.07, 6.45) is 1.30. The predicted octanol–water partition coefficient (Wildman–Crippen LogP) is 2.77. The molecule has 0 bridgehead atoms. The Hall–Kier alpha value is 0.0500. The van der Waals surface area contributed by atoms with Crippen molar-refractivity contribution in [3.8, 4) is 0 Å². The summed E-state index contributed by atoms with van der Waals surface area (Å²) in [7, 11) is 0. The van der Waals surface area contributed by atoms with Crippen LogP contribution in [0.4, 0.5) is 4.79 Å². The molecule has 0 aromatic carbocycles. The Labute approximate surface area is 70.4 Å². The van der Waals surface area contributed by atoms with Crippen molar-refractivity contribution in [1.82, 2.24) is 0 Å². The molecule has 60 valence electrons. The molecule has 1 unspecified atom stereocenters. The highest BCUT2D eigenvalue weighted by Crippen LogP contribution is 2.06. The smallest absolute Gasteiger partial charge is 0.404 e. The Morgan fingerprint density at radius 1 is 1.70 bits per heavy atom. The Morgan fingerprint density at radius 2 is 2.30 bits per heavy atom. The van der Waals surface area contributed by atoms with Crippen LogP contribution in [0, 0.1) is 0 Å². The molecular weight excluding hydrogens is 175 g/mol. The minimum absolute atomic E-state index is 0.123. The second-order valence-electron chi connectivity index (χ2n) is 1.86. The number of carbonyl (C=O) groups is 1. The first-order valence-electron chi connectivity index (χ1n) is 3.12. The Bertz CT molecular complexity index is 106. The number of hydrogen-bond donors (Lipinski definition) is 0. The summed E-state index contributed by atoms with van der Waals surface area (Å²) in [5.41, 5.74) is -0.753. The lowest BCUT2D eigenvalue weighted by molar-refractivity contribution is 0.116. The van der Waals surface area contributed by atoms with Crippen molar-refractivity contribution in [3.63, 3.8) is 0 Å². The topological polar surface area (TPSA) is 26.3 Å². The highest BCUT2D eigenvalue weighted by molar-refractivity contribution is 6.61. The van der Waals surface area contributed by atoms with Gasteiger partial charge in [0.2, 0.25) is 0 Å². The van der Waals surface area contributed by atoms with E-state index in [4.69, 9.17) is 23.2 Å². The summed E-state index contributed by atoms with van der Waals surface area (Å²) in [5.74, 6) is 0.489. The zero-order valence-corrected chi connectivity index (χ0v) is 7.28. The summed E-state index contributed by atoms with van der Waals surface area (Å²) in [5, 5.41) is 0. The van der Waals surface area contributed by atoms with Crippen LogP contribution in [0.1, 0.15) is 19.8 Å². The summed E-state index contributed by atoms with van der Waals surface area (Å²) >= 11 is 10.4. The molecule has 1 atom stereocenters. The standard InChI is InChI=1S/C6H10Cl2O2/c1-2-5(3-4-7)10-6(8)9/h5H,2-4H2,1H3.